The first-order valence-corrected chi connectivity index (χ1v) is 8.54. The molecule has 2 N–H and O–H groups in total. The first-order valence-electron chi connectivity index (χ1n) is 6.51. The molecule has 106 valence electrons. The SMILES string of the molecule is O=S(=O)(CCCNC1CC1)NCc1ccccc1Cl. The molecule has 2 rings (SSSR count). The second kappa shape index (κ2) is 6.70. The minimum absolute atomic E-state index is 0.150. The van der Waals surface area contributed by atoms with Gasteiger partial charge in [0, 0.05) is 17.6 Å². The molecule has 1 aromatic rings. The lowest BCUT2D eigenvalue weighted by atomic mass is 10.2. The van der Waals surface area contributed by atoms with Crippen LogP contribution in [0.25, 0.3) is 0 Å². The van der Waals surface area contributed by atoms with E-state index in [4.69, 9.17) is 11.6 Å². The predicted molar refractivity (Wildman–Crippen MR) is 77.7 cm³/mol. The Morgan fingerprint density at radius 1 is 1.26 bits per heavy atom. The lowest BCUT2D eigenvalue weighted by Crippen LogP contribution is -2.28. The normalized spacial score (nSPS) is 15.6. The highest BCUT2D eigenvalue weighted by molar-refractivity contribution is 7.89. The summed E-state index contributed by atoms with van der Waals surface area (Å²) in [7, 11) is -3.22. The summed E-state index contributed by atoms with van der Waals surface area (Å²) < 4.78 is 26.2. The Labute approximate surface area is 119 Å². The summed E-state index contributed by atoms with van der Waals surface area (Å²) in [5.74, 6) is 0.150. The van der Waals surface area contributed by atoms with Gasteiger partial charge in [-0.25, -0.2) is 13.1 Å². The maximum atomic E-state index is 11.8. The van der Waals surface area contributed by atoms with E-state index in [-0.39, 0.29) is 12.3 Å². The molecular weight excluding hydrogens is 284 g/mol. The van der Waals surface area contributed by atoms with Crippen LogP contribution in [0.4, 0.5) is 0 Å². The molecule has 4 nitrogen and oxygen atoms in total. The Balaban J connectivity index is 1.72. The summed E-state index contributed by atoms with van der Waals surface area (Å²) in [6.45, 7) is 1.01. The summed E-state index contributed by atoms with van der Waals surface area (Å²) in [4.78, 5) is 0. The van der Waals surface area contributed by atoms with Crippen LogP contribution in [0.15, 0.2) is 24.3 Å². The third kappa shape index (κ3) is 5.48. The summed E-state index contributed by atoms with van der Waals surface area (Å²) in [6, 6.07) is 7.86. The van der Waals surface area contributed by atoms with Crippen molar-refractivity contribution in [2.75, 3.05) is 12.3 Å². The van der Waals surface area contributed by atoms with Gasteiger partial charge in [0.15, 0.2) is 0 Å². The number of hydrogen-bond donors (Lipinski definition) is 2. The minimum atomic E-state index is -3.22. The Morgan fingerprint density at radius 2 is 2.00 bits per heavy atom. The zero-order valence-corrected chi connectivity index (χ0v) is 12.3. The third-order valence-electron chi connectivity index (χ3n) is 3.04. The topological polar surface area (TPSA) is 58.2 Å². The van der Waals surface area contributed by atoms with Crippen molar-refractivity contribution in [3.8, 4) is 0 Å². The van der Waals surface area contributed by atoms with E-state index in [1.165, 1.54) is 12.8 Å². The van der Waals surface area contributed by atoms with Crippen LogP contribution < -0.4 is 10.0 Å². The molecule has 0 unspecified atom stereocenters. The lowest BCUT2D eigenvalue weighted by molar-refractivity contribution is 0.574. The monoisotopic (exact) mass is 302 g/mol. The minimum Gasteiger partial charge on any atom is -0.314 e. The van der Waals surface area contributed by atoms with Crippen LogP contribution in [0.2, 0.25) is 5.02 Å². The van der Waals surface area contributed by atoms with E-state index in [0.717, 1.165) is 12.1 Å². The molecule has 1 aliphatic carbocycles. The van der Waals surface area contributed by atoms with E-state index < -0.39 is 10.0 Å². The Kier molecular flexibility index (Phi) is 5.21. The molecule has 1 aliphatic rings. The van der Waals surface area contributed by atoms with Crippen molar-refractivity contribution in [1.82, 2.24) is 10.0 Å². The van der Waals surface area contributed by atoms with E-state index in [2.05, 4.69) is 10.0 Å². The quantitative estimate of drug-likeness (QED) is 0.721. The highest BCUT2D eigenvalue weighted by Crippen LogP contribution is 2.18. The molecule has 0 amide bonds. The maximum Gasteiger partial charge on any atom is 0.211 e. The van der Waals surface area contributed by atoms with Gasteiger partial charge in [-0.2, -0.15) is 0 Å². The van der Waals surface area contributed by atoms with Crippen LogP contribution in [0, 0.1) is 0 Å². The van der Waals surface area contributed by atoms with Crippen molar-refractivity contribution in [1.29, 1.82) is 0 Å². The molecule has 6 heteroatoms. The molecular formula is C13H19ClN2O2S. The zero-order chi connectivity index (χ0) is 13.7. The smallest absolute Gasteiger partial charge is 0.211 e. The van der Waals surface area contributed by atoms with Crippen molar-refractivity contribution in [2.45, 2.75) is 31.8 Å². The van der Waals surface area contributed by atoms with Crippen molar-refractivity contribution >= 4 is 21.6 Å². The van der Waals surface area contributed by atoms with Crippen LogP contribution in [0.5, 0.6) is 0 Å². The van der Waals surface area contributed by atoms with E-state index in [0.29, 0.717) is 17.5 Å². The van der Waals surface area contributed by atoms with Crippen LogP contribution in [0.3, 0.4) is 0 Å². The van der Waals surface area contributed by atoms with Crippen LogP contribution >= 0.6 is 11.6 Å². The highest BCUT2D eigenvalue weighted by atomic mass is 35.5. The Bertz CT molecular complexity index is 515. The predicted octanol–water partition coefficient (Wildman–Crippen LogP) is 1.90. The number of halogens is 1. The number of sulfonamides is 1. The van der Waals surface area contributed by atoms with Crippen LogP contribution in [-0.4, -0.2) is 26.8 Å². The van der Waals surface area contributed by atoms with Gasteiger partial charge in [0.05, 0.1) is 5.75 Å². The average Bonchev–Trinajstić information content (AvgIpc) is 3.18. The molecule has 0 bridgehead atoms. The van der Waals surface area contributed by atoms with Gasteiger partial charge in [-0.05, 0) is 37.4 Å². The first-order chi connectivity index (χ1) is 9.07. The van der Waals surface area contributed by atoms with Gasteiger partial charge < -0.3 is 5.32 Å². The van der Waals surface area contributed by atoms with Crippen molar-refractivity contribution in [2.24, 2.45) is 0 Å². The molecule has 0 aliphatic heterocycles. The average molecular weight is 303 g/mol. The number of hydrogen-bond acceptors (Lipinski definition) is 3. The first kappa shape index (κ1) is 14.8. The number of benzene rings is 1. The molecule has 0 aromatic heterocycles. The van der Waals surface area contributed by atoms with Gasteiger partial charge in [0.2, 0.25) is 10.0 Å². The van der Waals surface area contributed by atoms with Gasteiger partial charge >= 0.3 is 0 Å². The molecule has 0 radical (unpaired) electrons. The van der Waals surface area contributed by atoms with Gasteiger partial charge in [0.25, 0.3) is 0 Å². The van der Waals surface area contributed by atoms with Gasteiger partial charge in [0.1, 0.15) is 0 Å². The fourth-order valence-corrected chi connectivity index (χ4v) is 3.00. The summed E-state index contributed by atoms with van der Waals surface area (Å²) >= 11 is 5.98. The summed E-state index contributed by atoms with van der Waals surface area (Å²) in [5.41, 5.74) is 0.795. The summed E-state index contributed by atoms with van der Waals surface area (Å²) in [6.07, 6.45) is 3.07. The van der Waals surface area contributed by atoms with Crippen molar-refractivity contribution in [3.05, 3.63) is 34.9 Å². The Hall–Kier alpha value is -0.620. The highest BCUT2D eigenvalue weighted by Gasteiger charge is 2.20. The van der Waals surface area contributed by atoms with E-state index in [1.807, 2.05) is 18.2 Å². The largest absolute Gasteiger partial charge is 0.314 e. The van der Waals surface area contributed by atoms with Gasteiger partial charge in [-0.3, -0.25) is 0 Å². The molecule has 0 atom stereocenters. The van der Waals surface area contributed by atoms with Crippen molar-refractivity contribution < 1.29 is 8.42 Å². The molecule has 0 saturated heterocycles. The van der Waals surface area contributed by atoms with E-state index in [9.17, 15) is 8.42 Å². The standard InChI is InChI=1S/C13H19ClN2O2S/c14-13-5-2-1-4-11(13)10-16-19(17,18)9-3-8-15-12-6-7-12/h1-2,4-5,12,15-16H,3,6-10H2. The maximum absolute atomic E-state index is 11.8. The third-order valence-corrected chi connectivity index (χ3v) is 4.82. The van der Waals surface area contributed by atoms with Crippen molar-refractivity contribution in [3.63, 3.8) is 0 Å². The zero-order valence-electron chi connectivity index (χ0n) is 10.7. The second-order valence-corrected chi connectivity index (χ2v) is 7.15. The van der Waals surface area contributed by atoms with Crippen LogP contribution in [0.1, 0.15) is 24.8 Å². The van der Waals surface area contributed by atoms with E-state index in [1.54, 1.807) is 6.07 Å². The molecule has 1 aromatic carbocycles. The Morgan fingerprint density at radius 3 is 2.68 bits per heavy atom. The van der Waals surface area contributed by atoms with Gasteiger partial charge in [-0.1, -0.05) is 29.8 Å². The molecule has 0 spiro atoms. The summed E-state index contributed by atoms with van der Waals surface area (Å²) in [5, 5.41) is 3.88. The molecule has 19 heavy (non-hydrogen) atoms. The number of nitrogens with one attached hydrogen (secondary N) is 2. The molecule has 1 fully saturated rings. The van der Waals surface area contributed by atoms with E-state index >= 15 is 0 Å². The lowest BCUT2D eigenvalue weighted by Gasteiger charge is -2.08. The molecule has 1 saturated carbocycles. The van der Waals surface area contributed by atoms with Gasteiger partial charge in [-0.15, -0.1) is 0 Å². The molecule has 0 heterocycles. The fourth-order valence-electron chi connectivity index (χ4n) is 1.76. The number of rotatable bonds is 8. The second-order valence-electron chi connectivity index (χ2n) is 4.81. The van der Waals surface area contributed by atoms with Crippen LogP contribution in [-0.2, 0) is 16.6 Å². The fraction of sp³-hybridized carbons (Fsp3) is 0.538.